The van der Waals surface area contributed by atoms with Crippen LogP contribution in [0.4, 0.5) is 0 Å². The van der Waals surface area contributed by atoms with Crippen LogP contribution in [0.25, 0.3) is 0 Å². The first-order valence-corrected chi connectivity index (χ1v) is 8.28. The topological polar surface area (TPSA) is 18.5 Å². The number of hydrogen-bond donors (Lipinski definition) is 1. The molecule has 2 rings (SSSR count). The molecule has 2 aliphatic rings. The highest BCUT2D eigenvalue weighted by molar-refractivity contribution is 4.91. The monoisotopic (exact) mass is 267 g/mol. The Kier molecular flexibility index (Phi) is 6.11. The zero-order valence-electron chi connectivity index (χ0n) is 13.2. The third-order valence-corrected chi connectivity index (χ3v) is 5.27. The Morgan fingerprint density at radius 1 is 0.947 bits per heavy atom. The Balaban J connectivity index is 2.04. The van der Waals surface area contributed by atoms with Gasteiger partial charge in [0.2, 0.25) is 0 Å². The molecule has 1 N–H and O–H groups in total. The molecule has 19 heavy (non-hydrogen) atoms. The van der Waals surface area contributed by atoms with Crippen molar-refractivity contribution in [2.45, 2.75) is 57.0 Å². The second-order valence-electron chi connectivity index (χ2n) is 6.73. The maximum atomic E-state index is 3.68. The van der Waals surface area contributed by atoms with Crippen molar-refractivity contribution < 1.29 is 0 Å². The first-order chi connectivity index (χ1) is 9.22. The zero-order chi connectivity index (χ0) is 13.7. The summed E-state index contributed by atoms with van der Waals surface area (Å²) in [4.78, 5) is 5.13. The Labute approximate surface area is 119 Å². The van der Waals surface area contributed by atoms with Crippen LogP contribution in [0.15, 0.2) is 0 Å². The lowest BCUT2D eigenvalue weighted by molar-refractivity contribution is 0.141. The molecular formula is C16H33N3. The quantitative estimate of drug-likeness (QED) is 0.791. The van der Waals surface area contributed by atoms with Crippen molar-refractivity contribution in [1.29, 1.82) is 0 Å². The minimum absolute atomic E-state index is 0.670. The molecule has 2 fully saturated rings. The molecule has 0 aromatic carbocycles. The fourth-order valence-electron chi connectivity index (χ4n) is 4.11. The summed E-state index contributed by atoms with van der Waals surface area (Å²) in [5.41, 5.74) is 0. The highest BCUT2D eigenvalue weighted by Crippen LogP contribution is 2.28. The van der Waals surface area contributed by atoms with Crippen LogP contribution in [-0.4, -0.2) is 62.7 Å². The molecule has 0 radical (unpaired) electrons. The fourth-order valence-corrected chi connectivity index (χ4v) is 4.11. The molecule has 3 heteroatoms. The van der Waals surface area contributed by atoms with Gasteiger partial charge in [0.15, 0.2) is 0 Å². The van der Waals surface area contributed by atoms with E-state index in [-0.39, 0.29) is 0 Å². The zero-order valence-corrected chi connectivity index (χ0v) is 13.2. The van der Waals surface area contributed by atoms with Gasteiger partial charge in [0.05, 0.1) is 0 Å². The predicted molar refractivity (Wildman–Crippen MR) is 82.6 cm³/mol. The van der Waals surface area contributed by atoms with Crippen molar-refractivity contribution in [3.63, 3.8) is 0 Å². The van der Waals surface area contributed by atoms with Gasteiger partial charge < -0.3 is 15.1 Å². The van der Waals surface area contributed by atoms with Gasteiger partial charge in [-0.25, -0.2) is 0 Å². The highest BCUT2D eigenvalue weighted by atomic mass is 15.2. The number of hydrogen-bond acceptors (Lipinski definition) is 3. The third kappa shape index (κ3) is 4.17. The second-order valence-corrected chi connectivity index (χ2v) is 6.73. The largest absolute Gasteiger partial charge is 0.315 e. The van der Waals surface area contributed by atoms with E-state index in [4.69, 9.17) is 0 Å². The average Bonchev–Trinajstić information content (AvgIpc) is 2.74. The molecule has 1 saturated carbocycles. The van der Waals surface area contributed by atoms with Gasteiger partial charge in [-0.05, 0) is 59.4 Å². The maximum absolute atomic E-state index is 3.68. The molecule has 1 saturated heterocycles. The SMILES string of the molecule is CNC(C1CCCCCC1)C1CN(C)CCCN1C. The van der Waals surface area contributed by atoms with E-state index >= 15 is 0 Å². The molecule has 2 atom stereocenters. The minimum Gasteiger partial charge on any atom is -0.315 e. The predicted octanol–water partition coefficient (Wildman–Crippen LogP) is 2.18. The van der Waals surface area contributed by atoms with Crippen LogP contribution in [0.1, 0.15) is 44.9 Å². The van der Waals surface area contributed by atoms with Crippen LogP contribution in [0, 0.1) is 5.92 Å². The number of nitrogens with one attached hydrogen (secondary N) is 1. The molecule has 112 valence electrons. The van der Waals surface area contributed by atoms with Crippen LogP contribution in [0.2, 0.25) is 0 Å². The molecular weight excluding hydrogens is 234 g/mol. The fraction of sp³-hybridized carbons (Fsp3) is 1.00. The van der Waals surface area contributed by atoms with E-state index in [1.54, 1.807) is 0 Å². The lowest BCUT2D eigenvalue weighted by Crippen LogP contribution is -2.54. The normalized spacial score (nSPS) is 30.8. The summed E-state index contributed by atoms with van der Waals surface area (Å²) in [7, 11) is 6.78. The maximum Gasteiger partial charge on any atom is 0.0375 e. The van der Waals surface area contributed by atoms with Gasteiger partial charge in [-0.3, -0.25) is 0 Å². The first-order valence-electron chi connectivity index (χ1n) is 8.28. The summed E-state index contributed by atoms with van der Waals surface area (Å²) < 4.78 is 0. The van der Waals surface area contributed by atoms with E-state index in [0.717, 1.165) is 5.92 Å². The molecule has 3 nitrogen and oxygen atoms in total. The lowest BCUT2D eigenvalue weighted by Gasteiger charge is -2.38. The molecule has 0 spiro atoms. The Morgan fingerprint density at radius 2 is 1.63 bits per heavy atom. The van der Waals surface area contributed by atoms with Crippen molar-refractivity contribution in [1.82, 2.24) is 15.1 Å². The van der Waals surface area contributed by atoms with Crippen molar-refractivity contribution in [3.8, 4) is 0 Å². The van der Waals surface area contributed by atoms with Gasteiger partial charge in [-0.15, -0.1) is 0 Å². The van der Waals surface area contributed by atoms with Crippen molar-refractivity contribution in [3.05, 3.63) is 0 Å². The number of nitrogens with zero attached hydrogens (tertiary/aromatic N) is 2. The molecule has 0 aromatic rings. The molecule has 0 bridgehead atoms. The van der Waals surface area contributed by atoms with Crippen molar-refractivity contribution in [2.75, 3.05) is 40.8 Å². The smallest absolute Gasteiger partial charge is 0.0375 e. The summed E-state index contributed by atoms with van der Waals surface area (Å²) in [6, 6.07) is 1.35. The molecule has 0 aromatic heterocycles. The van der Waals surface area contributed by atoms with Crippen LogP contribution in [0.5, 0.6) is 0 Å². The van der Waals surface area contributed by atoms with Gasteiger partial charge in [0.1, 0.15) is 0 Å². The summed E-state index contributed by atoms with van der Waals surface area (Å²) in [6.07, 6.45) is 9.95. The molecule has 0 amide bonds. The molecule has 1 aliphatic carbocycles. The van der Waals surface area contributed by atoms with Crippen LogP contribution >= 0.6 is 0 Å². The summed E-state index contributed by atoms with van der Waals surface area (Å²) >= 11 is 0. The molecule has 2 unspecified atom stereocenters. The first kappa shape index (κ1) is 15.3. The van der Waals surface area contributed by atoms with E-state index in [1.807, 2.05) is 0 Å². The van der Waals surface area contributed by atoms with Crippen LogP contribution in [0.3, 0.4) is 0 Å². The number of rotatable bonds is 3. The lowest BCUT2D eigenvalue weighted by atomic mass is 9.86. The highest BCUT2D eigenvalue weighted by Gasteiger charge is 2.32. The van der Waals surface area contributed by atoms with E-state index in [0.29, 0.717) is 12.1 Å². The summed E-state index contributed by atoms with van der Waals surface area (Å²) in [6.45, 7) is 3.72. The van der Waals surface area contributed by atoms with Crippen molar-refractivity contribution in [2.24, 2.45) is 5.92 Å². The van der Waals surface area contributed by atoms with Gasteiger partial charge in [-0.2, -0.15) is 0 Å². The van der Waals surface area contributed by atoms with Crippen molar-refractivity contribution >= 4 is 0 Å². The van der Waals surface area contributed by atoms with E-state index in [1.165, 1.54) is 64.6 Å². The Hall–Kier alpha value is -0.120. The Morgan fingerprint density at radius 3 is 2.26 bits per heavy atom. The Bertz CT molecular complexity index is 248. The average molecular weight is 267 g/mol. The standard InChI is InChI=1S/C16H33N3/c1-17-16(14-9-6-4-5-7-10-14)15-13-18(2)11-8-12-19(15)3/h14-17H,4-13H2,1-3H3. The summed E-state index contributed by atoms with van der Waals surface area (Å²) in [5.74, 6) is 0.881. The van der Waals surface area contributed by atoms with Crippen LogP contribution in [-0.2, 0) is 0 Å². The van der Waals surface area contributed by atoms with Gasteiger partial charge in [0.25, 0.3) is 0 Å². The second kappa shape index (κ2) is 7.61. The van der Waals surface area contributed by atoms with E-state index in [9.17, 15) is 0 Å². The van der Waals surface area contributed by atoms with Gasteiger partial charge >= 0.3 is 0 Å². The van der Waals surface area contributed by atoms with E-state index in [2.05, 4.69) is 36.3 Å². The minimum atomic E-state index is 0.670. The third-order valence-electron chi connectivity index (χ3n) is 5.27. The summed E-state index contributed by atoms with van der Waals surface area (Å²) in [5, 5.41) is 3.68. The van der Waals surface area contributed by atoms with Gasteiger partial charge in [0, 0.05) is 18.6 Å². The van der Waals surface area contributed by atoms with Gasteiger partial charge in [-0.1, -0.05) is 25.7 Å². The molecule has 1 aliphatic heterocycles. The number of likely N-dealkylation sites (N-methyl/N-ethyl adjacent to an activating group) is 3. The van der Waals surface area contributed by atoms with E-state index < -0.39 is 0 Å². The molecule has 1 heterocycles. The van der Waals surface area contributed by atoms with Crippen LogP contribution < -0.4 is 5.32 Å².